The molecule has 0 aliphatic carbocycles. The summed E-state index contributed by atoms with van der Waals surface area (Å²) in [7, 11) is 0. The molecule has 1 aliphatic heterocycles. The minimum atomic E-state index is -0.0435. The Hall–Kier alpha value is -1.75. The zero-order valence-electron chi connectivity index (χ0n) is 12.8. The van der Waals surface area contributed by atoms with Crippen LogP contribution in [0.25, 0.3) is 0 Å². The van der Waals surface area contributed by atoms with Crippen molar-refractivity contribution < 1.29 is 4.79 Å². The van der Waals surface area contributed by atoms with Gasteiger partial charge in [0.05, 0.1) is 11.7 Å². The standard InChI is InChI=1S/C17H20BrN3O/c1-12(2)16-15-8-5-9-20(15)10-11-21(16)17(22)19-14-7-4-3-6-13(14)18/h3-9,12,16H,10-11H2,1-2H3,(H,19,22)/t16-/m1/s1. The van der Waals surface area contributed by atoms with Crippen LogP contribution in [0.2, 0.25) is 0 Å². The van der Waals surface area contributed by atoms with Gasteiger partial charge in [-0.3, -0.25) is 0 Å². The number of urea groups is 1. The van der Waals surface area contributed by atoms with E-state index in [4.69, 9.17) is 0 Å². The van der Waals surface area contributed by atoms with Gasteiger partial charge in [-0.05, 0) is 46.1 Å². The van der Waals surface area contributed by atoms with Crippen LogP contribution in [0.3, 0.4) is 0 Å². The summed E-state index contributed by atoms with van der Waals surface area (Å²) >= 11 is 3.48. The van der Waals surface area contributed by atoms with E-state index >= 15 is 0 Å². The number of para-hydroxylation sites is 1. The monoisotopic (exact) mass is 361 g/mol. The van der Waals surface area contributed by atoms with Gasteiger partial charge in [0.1, 0.15) is 0 Å². The molecule has 5 heteroatoms. The van der Waals surface area contributed by atoms with E-state index in [9.17, 15) is 4.79 Å². The number of nitrogens with zero attached hydrogens (tertiary/aromatic N) is 2. The molecule has 0 bridgehead atoms. The number of halogens is 1. The highest BCUT2D eigenvalue weighted by Crippen LogP contribution is 2.33. The molecular weight excluding hydrogens is 342 g/mol. The van der Waals surface area contributed by atoms with Crippen molar-refractivity contribution in [3.8, 4) is 0 Å². The number of nitrogens with one attached hydrogen (secondary N) is 1. The lowest BCUT2D eigenvalue weighted by atomic mass is 9.97. The van der Waals surface area contributed by atoms with Crippen LogP contribution in [0, 0.1) is 5.92 Å². The summed E-state index contributed by atoms with van der Waals surface area (Å²) in [4.78, 5) is 14.7. The minimum absolute atomic E-state index is 0.0435. The predicted molar refractivity (Wildman–Crippen MR) is 91.9 cm³/mol. The maximum absolute atomic E-state index is 12.8. The highest BCUT2D eigenvalue weighted by Gasteiger charge is 2.33. The molecule has 3 rings (SSSR count). The number of amides is 2. The van der Waals surface area contributed by atoms with Gasteiger partial charge in [-0.2, -0.15) is 0 Å². The first-order valence-electron chi connectivity index (χ1n) is 7.55. The molecule has 0 radical (unpaired) electrons. The second-order valence-electron chi connectivity index (χ2n) is 5.92. The van der Waals surface area contributed by atoms with Crippen molar-refractivity contribution >= 4 is 27.6 Å². The van der Waals surface area contributed by atoms with E-state index in [0.717, 1.165) is 23.2 Å². The molecule has 22 heavy (non-hydrogen) atoms. The molecule has 4 nitrogen and oxygen atoms in total. The lowest BCUT2D eigenvalue weighted by Crippen LogP contribution is -2.45. The molecule has 0 spiro atoms. The highest BCUT2D eigenvalue weighted by molar-refractivity contribution is 9.10. The van der Waals surface area contributed by atoms with E-state index in [2.05, 4.69) is 58.0 Å². The molecule has 2 amide bonds. The summed E-state index contributed by atoms with van der Waals surface area (Å²) in [6.07, 6.45) is 2.09. The largest absolute Gasteiger partial charge is 0.348 e. The van der Waals surface area contributed by atoms with E-state index in [-0.39, 0.29) is 12.1 Å². The van der Waals surface area contributed by atoms with Crippen molar-refractivity contribution in [1.29, 1.82) is 0 Å². The van der Waals surface area contributed by atoms with Gasteiger partial charge in [-0.15, -0.1) is 0 Å². The van der Waals surface area contributed by atoms with Gasteiger partial charge in [-0.25, -0.2) is 4.79 Å². The van der Waals surface area contributed by atoms with Crippen LogP contribution >= 0.6 is 15.9 Å². The number of benzene rings is 1. The first kappa shape index (κ1) is 15.2. The van der Waals surface area contributed by atoms with Gasteiger partial charge in [0.2, 0.25) is 0 Å². The fourth-order valence-corrected chi connectivity index (χ4v) is 3.48. The molecule has 1 aliphatic rings. The fourth-order valence-electron chi connectivity index (χ4n) is 3.09. The number of aromatic nitrogens is 1. The first-order chi connectivity index (χ1) is 10.6. The van der Waals surface area contributed by atoms with Crippen LogP contribution in [-0.4, -0.2) is 22.0 Å². The van der Waals surface area contributed by atoms with Crippen molar-refractivity contribution in [2.75, 3.05) is 11.9 Å². The maximum atomic E-state index is 12.8. The Balaban J connectivity index is 1.84. The van der Waals surface area contributed by atoms with E-state index in [1.807, 2.05) is 29.2 Å². The lowest BCUT2D eigenvalue weighted by molar-refractivity contribution is 0.144. The smallest absolute Gasteiger partial charge is 0.322 e. The van der Waals surface area contributed by atoms with Crippen LogP contribution in [-0.2, 0) is 6.54 Å². The second kappa shape index (κ2) is 6.16. The summed E-state index contributed by atoms with van der Waals surface area (Å²) < 4.78 is 3.14. The molecule has 0 unspecified atom stereocenters. The van der Waals surface area contributed by atoms with Gasteiger partial charge in [0.25, 0.3) is 0 Å². The third kappa shape index (κ3) is 2.77. The van der Waals surface area contributed by atoms with Gasteiger partial charge in [-0.1, -0.05) is 26.0 Å². The molecule has 0 fully saturated rings. The van der Waals surface area contributed by atoms with E-state index in [1.165, 1.54) is 5.69 Å². The molecular formula is C17H20BrN3O. The minimum Gasteiger partial charge on any atom is -0.348 e. The van der Waals surface area contributed by atoms with Gasteiger partial charge >= 0.3 is 6.03 Å². The van der Waals surface area contributed by atoms with E-state index in [0.29, 0.717) is 5.92 Å². The summed E-state index contributed by atoms with van der Waals surface area (Å²) in [5.74, 6) is 0.360. The third-order valence-corrected chi connectivity index (χ3v) is 4.78. The van der Waals surface area contributed by atoms with Crippen LogP contribution in [0.5, 0.6) is 0 Å². The Morgan fingerprint density at radius 3 is 2.73 bits per heavy atom. The van der Waals surface area contributed by atoms with Crippen LogP contribution in [0.1, 0.15) is 25.6 Å². The molecule has 0 saturated heterocycles. The number of rotatable bonds is 2. The molecule has 2 heterocycles. The van der Waals surface area contributed by atoms with Crippen molar-refractivity contribution in [3.63, 3.8) is 0 Å². The Labute approximate surface area is 139 Å². The zero-order chi connectivity index (χ0) is 15.7. The molecule has 1 aromatic heterocycles. The topological polar surface area (TPSA) is 37.3 Å². The zero-order valence-corrected chi connectivity index (χ0v) is 14.4. The molecule has 0 saturated carbocycles. The van der Waals surface area contributed by atoms with Crippen molar-refractivity contribution in [2.45, 2.75) is 26.4 Å². The summed E-state index contributed by atoms with van der Waals surface area (Å²) in [5, 5.41) is 3.02. The maximum Gasteiger partial charge on any atom is 0.322 e. The van der Waals surface area contributed by atoms with E-state index in [1.54, 1.807) is 0 Å². The van der Waals surface area contributed by atoms with Crippen molar-refractivity contribution in [1.82, 2.24) is 9.47 Å². The molecule has 116 valence electrons. The Morgan fingerprint density at radius 2 is 2.00 bits per heavy atom. The average molecular weight is 362 g/mol. The van der Waals surface area contributed by atoms with Gasteiger partial charge < -0.3 is 14.8 Å². The third-order valence-electron chi connectivity index (χ3n) is 4.09. The van der Waals surface area contributed by atoms with Gasteiger partial charge in [0, 0.05) is 29.5 Å². The fraction of sp³-hybridized carbons (Fsp3) is 0.353. The SMILES string of the molecule is CC(C)[C@@H]1c2cccn2CCN1C(=O)Nc1ccccc1Br. The van der Waals surface area contributed by atoms with Crippen molar-refractivity contribution in [2.24, 2.45) is 5.92 Å². The summed E-state index contributed by atoms with van der Waals surface area (Å²) in [5.41, 5.74) is 2.01. The number of hydrogen-bond acceptors (Lipinski definition) is 1. The van der Waals surface area contributed by atoms with Crippen LogP contribution in [0.4, 0.5) is 10.5 Å². The quantitative estimate of drug-likeness (QED) is 0.840. The number of carbonyl (C=O) groups is 1. The predicted octanol–water partition coefficient (Wildman–Crippen LogP) is 4.50. The van der Waals surface area contributed by atoms with Crippen molar-refractivity contribution in [3.05, 3.63) is 52.8 Å². The first-order valence-corrected chi connectivity index (χ1v) is 8.34. The van der Waals surface area contributed by atoms with Crippen LogP contribution in [0.15, 0.2) is 47.1 Å². The normalized spacial score (nSPS) is 17.5. The molecule has 1 N–H and O–H groups in total. The molecule has 1 aromatic carbocycles. The number of hydrogen-bond donors (Lipinski definition) is 1. The highest BCUT2D eigenvalue weighted by atomic mass is 79.9. The number of carbonyl (C=O) groups excluding carboxylic acids is 1. The lowest BCUT2D eigenvalue weighted by Gasteiger charge is -2.39. The average Bonchev–Trinajstić information content (AvgIpc) is 2.96. The van der Waals surface area contributed by atoms with Crippen LogP contribution < -0.4 is 5.32 Å². The second-order valence-corrected chi connectivity index (χ2v) is 6.77. The molecule has 2 aromatic rings. The molecule has 1 atom stereocenters. The Bertz CT molecular complexity index is 680. The summed E-state index contributed by atoms with van der Waals surface area (Å²) in [6, 6.07) is 11.9. The van der Waals surface area contributed by atoms with Gasteiger partial charge in [0.15, 0.2) is 0 Å². The number of fused-ring (bicyclic) bond motifs is 1. The Morgan fingerprint density at radius 1 is 1.23 bits per heavy atom. The van der Waals surface area contributed by atoms with E-state index < -0.39 is 0 Å². The number of anilines is 1. The summed E-state index contributed by atoms with van der Waals surface area (Å²) in [6.45, 7) is 5.88. The Kier molecular flexibility index (Phi) is 4.25.